The van der Waals surface area contributed by atoms with Gasteiger partial charge in [-0.3, -0.25) is 4.79 Å². The van der Waals surface area contributed by atoms with E-state index in [4.69, 9.17) is 10.5 Å². The molecule has 1 aliphatic carbocycles. The lowest BCUT2D eigenvalue weighted by molar-refractivity contribution is -0.127. The number of hydrogen-bond acceptors (Lipinski definition) is 4. The van der Waals surface area contributed by atoms with E-state index in [9.17, 15) is 9.90 Å². The SMILES string of the molecule is NC1CCC(C(=O)NCC2(O)CCOC2)CC1. The third kappa shape index (κ3) is 3.40. The molecule has 1 unspecified atom stereocenters. The van der Waals surface area contributed by atoms with Crippen molar-refractivity contribution in [3.05, 3.63) is 0 Å². The summed E-state index contributed by atoms with van der Waals surface area (Å²) in [4.78, 5) is 11.9. The predicted octanol–water partition coefficient (Wildman–Crippen LogP) is -0.228. The Labute approximate surface area is 102 Å². The first kappa shape index (κ1) is 12.8. The number of ether oxygens (including phenoxy) is 1. The van der Waals surface area contributed by atoms with Crippen molar-refractivity contribution in [2.75, 3.05) is 19.8 Å². The average Bonchev–Trinajstić information content (AvgIpc) is 2.75. The predicted molar refractivity (Wildman–Crippen MR) is 63.3 cm³/mol. The van der Waals surface area contributed by atoms with Crippen LogP contribution in [0.4, 0.5) is 0 Å². The third-order valence-electron chi connectivity index (χ3n) is 3.82. The number of rotatable bonds is 3. The fourth-order valence-corrected chi connectivity index (χ4v) is 2.51. The van der Waals surface area contributed by atoms with Crippen LogP contribution in [0.5, 0.6) is 0 Å². The fraction of sp³-hybridized carbons (Fsp3) is 0.917. The van der Waals surface area contributed by atoms with Crippen molar-refractivity contribution in [2.45, 2.75) is 43.7 Å². The number of aliphatic hydroxyl groups is 1. The Morgan fingerprint density at radius 3 is 2.71 bits per heavy atom. The summed E-state index contributed by atoms with van der Waals surface area (Å²) in [6.07, 6.45) is 4.17. The van der Waals surface area contributed by atoms with Crippen LogP contribution in [0.1, 0.15) is 32.1 Å². The second-order valence-electron chi connectivity index (χ2n) is 5.36. The van der Waals surface area contributed by atoms with Crippen molar-refractivity contribution in [3.63, 3.8) is 0 Å². The molecular weight excluding hydrogens is 220 g/mol. The zero-order valence-corrected chi connectivity index (χ0v) is 10.2. The van der Waals surface area contributed by atoms with E-state index in [0.717, 1.165) is 25.7 Å². The Balaban J connectivity index is 1.73. The Bertz CT molecular complexity index is 269. The molecule has 1 heterocycles. The summed E-state index contributed by atoms with van der Waals surface area (Å²) in [5.74, 6) is 0.123. The Morgan fingerprint density at radius 1 is 1.41 bits per heavy atom. The molecule has 5 nitrogen and oxygen atoms in total. The molecule has 0 radical (unpaired) electrons. The van der Waals surface area contributed by atoms with Gasteiger partial charge in [-0.1, -0.05) is 0 Å². The van der Waals surface area contributed by atoms with Crippen LogP contribution in [0, 0.1) is 5.92 Å². The minimum absolute atomic E-state index is 0.0530. The summed E-state index contributed by atoms with van der Waals surface area (Å²) in [6.45, 7) is 1.20. The third-order valence-corrected chi connectivity index (χ3v) is 3.82. The summed E-state index contributed by atoms with van der Waals surface area (Å²) >= 11 is 0. The molecule has 0 spiro atoms. The van der Waals surface area contributed by atoms with Gasteiger partial charge in [-0.15, -0.1) is 0 Å². The number of carbonyl (C=O) groups is 1. The Morgan fingerprint density at radius 2 is 2.12 bits per heavy atom. The standard InChI is InChI=1S/C12H22N2O3/c13-10-3-1-9(2-4-10)11(15)14-7-12(16)5-6-17-8-12/h9-10,16H,1-8,13H2,(H,14,15). The van der Waals surface area contributed by atoms with Gasteiger partial charge >= 0.3 is 0 Å². The van der Waals surface area contributed by atoms with E-state index in [1.54, 1.807) is 0 Å². The normalized spacial score (nSPS) is 38.0. The first-order valence-corrected chi connectivity index (χ1v) is 6.42. The van der Waals surface area contributed by atoms with E-state index in [2.05, 4.69) is 5.32 Å². The second kappa shape index (κ2) is 5.33. The van der Waals surface area contributed by atoms with Gasteiger partial charge in [0.1, 0.15) is 5.60 Å². The molecule has 0 aromatic heterocycles. The monoisotopic (exact) mass is 242 g/mol. The van der Waals surface area contributed by atoms with E-state index < -0.39 is 5.60 Å². The molecule has 1 aliphatic heterocycles. The molecule has 98 valence electrons. The van der Waals surface area contributed by atoms with Crippen molar-refractivity contribution in [2.24, 2.45) is 11.7 Å². The maximum atomic E-state index is 11.9. The lowest BCUT2D eigenvalue weighted by Crippen LogP contribution is -2.46. The van der Waals surface area contributed by atoms with E-state index in [0.29, 0.717) is 26.2 Å². The zero-order chi connectivity index (χ0) is 12.3. The molecular formula is C12H22N2O3. The van der Waals surface area contributed by atoms with Crippen LogP contribution in [0.15, 0.2) is 0 Å². The molecule has 1 amide bonds. The molecule has 5 heteroatoms. The van der Waals surface area contributed by atoms with Gasteiger partial charge in [-0.25, -0.2) is 0 Å². The maximum Gasteiger partial charge on any atom is 0.223 e. The second-order valence-corrected chi connectivity index (χ2v) is 5.36. The minimum atomic E-state index is -0.860. The van der Waals surface area contributed by atoms with E-state index in [1.165, 1.54) is 0 Å². The Hall–Kier alpha value is -0.650. The lowest BCUT2D eigenvalue weighted by Gasteiger charge is -2.27. The highest BCUT2D eigenvalue weighted by molar-refractivity contribution is 5.78. The van der Waals surface area contributed by atoms with Gasteiger partial charge in [-0.2, -0.15) is 0 Å². The molecule has 1 saturated carbocycles. The van der Waals surface area contributed by atoms with E-state index >= 15 is 0 Å². The molecule has 2 fully saturated rings. The summed E-state index contributed by atoms with van der Waals surface area (Å²) in [5, 5.41) is 12.9. The highest BCUT2D eigenvalue weighted by Gasteiger charge is 2.33. The fourth-order valence-electron chi connectivity index (χ4n) is 2.51. The van der Waals surface area contributed by atoms with Crippen molar-refractivity contribution in [1.82, 2.24) is 5.32 Å². The van der Waals surface area contributed by atoms with Crippen LogP contribution in [-0.2, 0) is 9.53 Å². The van der Waals surface area contributed by atoms with Gasteiger partial charge in [0.2, 0.25) is 5.91 Å². The van der Waals surface area contributed by atoms with Crippen LogP contribution in [-0.4, -0.2) is 42.4 Å². The number of amides is 1. The topological polar surface area (TPSA) is 84.6 Å². The lowest BCUT2D eigenvalue weighted by atomic mass is 9.86. The summed E-state index contributed by atoms with van der Waals surface area (Å²) in [5.41, 5.74) is 4.94. The van der Waals surface area contributed by atoms with Gasteiger partial charge in [0.05, 0.1) is 6.61 Å². The van der Waals surface area contributed by atoms with Gasteiger partial charge in [0.15, 0.2) is 0 Å². The number of hydrogen-bond donors (Lipinski definition) is 3. The summed E-state index contributed by atoms with van der Waals surface area (Å²) in [7, 11) is 0. The molecule has 0 bridgehead atoms. The molecule has 4 N–H and O–H groups in total. The van der Waals surface area contributed by atoms with Crippen LogP contribution in [0.3, 0.4) is 0 Å². The van der Waals surface area contributed by atoms with Gasteiger partial charge in [-0.05, 0) is 25.7 Å². The quantitative estimate of drug-likeness (QED) is 0.638. The number of carbonyl (C=O) groups excluding carboxylic acids is 1. The average molecular weight is 242 g/mol. The zero-order valence-electron chi connectivity index (χ0n) is 10.2. The first-order valence-electron chi connectivity index (χ1n) is 6.42. The van der Waals surface area contributed by atoms with Crippen molar-refractivity contribution in [3.8, 4) is 0 Å². The summed E-state index contributed by atoms with van der Waals surface area (Å²) < 4.78 is 5.13. The van der Waals surface area contributed by atoms with Crippen molar-refractivity contribution in [1.29, 1.82) is 0 Å². The number of nitrogens with two attached hydrogens (primary N) is 1. The van der Waals surface area contributed by atoms with Gasteiger partial charge < -0.3 is 20.9 Å². The largest absolute Gasteiger partial charge is 0.386 e. The minimum Gasteiger partial charge on any atom is -0.386 e. The smallest absolute Gasteiger partial charge is 0.223 e. The maximum absolute atomic E-state index is 11.9. The van der Waals surface area contributed by atoms with Crippen LogP contribution in [0.2, 0.25) is 0 Å². The van der Waals surface area contributed by atoms with Gasteiger partial charge in [0, 0.05) is 31.5 Å². The highest BCUT2D eigenvalue weighted by Crippen LogP contribution is 2.23. The van der Waals surface area contributed by atoms with Crippen LogP contribution >= 0.6 is 0 Å². The molecule has 0 aromatic carbocycles. The van der Waals surface area contributed by atoms with Gasteiger partial charge in [0.25, 0.3) is 0 Å². The molecule has 2 aliphatic rings. The molecule has 1 atom stereocenters. The first-order chi connectivity index (χ1) is 8.09. The van der Waals surface area contributed by atoms with E-state index in [-0.39, 0.29) is 17.9 Å². The van der Waals surface area contributed by atoms with Crippen LogP contribution in [0.25, 0.3) is 0 Å². The number of nitrogens with one attached hydrogen (secondary N) is 1. The Kier molecular flexibility index (Phi) is 4.01. The van der Waals surface area contributed by atoms with Crippen LogP contribution < -0.4 is 11.1 Å². The summed E-state index contributed by atoms with van der Waals surface area (Å²) in [6, 6.07) is 0.256. The molecule has 0 aromatic rings. The molecule has 1 saturated heterocycles. The molecule has 17 heavy (non-hydrogen) atoms. The highest BCUT2D eigenvalue weighted by atomic mass is 16.5. The molecule has 2 rings (SSSR count). The van der Waals surface area contributed by atoms with Crippen molar-refractivity contribution >= 4 is 5.91 Å². The van der Waals surface area contributed by atoms with Crippen molar-refractivity contribution < 1.29 is 14.6 Å². The van der Waals surface area contributed by atoms with E-state index in [1.807, 2.05) is 0 Å².